The van der Waals surface area contributed by atoms with Crippen molar-refractivity contribution >= 4 is 17.2 Å². The Morgan fingerprint density at radius 3 is 2.81 bits per heavy atom. The Morgan fingerprint density at radius 2 is 2.04 bits per heavy atom. The van der Waals surface area contributed by atoms with E-state index in [9.17, 15) is 0 Å². The first-order chi connectivity index (χ1) is 12.8. The predicted octanol–water partition coefficient (Wildman–Crippen LogP) is 1.62. The fraction of sp³-hybridized carbons (Fsp3) is 0.579. The van der Waals surface area contributed by atoms with Crippen molar-refractivity contribution in [3.05, 3.63) is 40.0 Å². The van der Waals surface area contributed by atoms with Gasteiger partial charge in [0.05, 0.1) is 30.3 Å². The minimum absolute atomic E-state index is 0.707. The van der Waals surface area contributed by atoms with Gasteiger partial charge in [0.25, 0.3) is 0 Å². The molecule has 0 bridgehead atoms. The predicted molar refractivity (Wildman–Crippen MR) is 103 cm³/mol. The highest BCUT2D eigenvalue weighted by atomic mass is 32.1. The molecule has 0 spiro atoms. The van der Waals surface area contributed by atoms with Crippen molar-refractivity contribution in [3.8, 4) is 0 Å². The molecular weight excluding hydrogens is 346 g/mol. The Bertz CT molecular complexity index is 714. The molecule has 138 valence electrons. The zero-order chi connectivity index (χ0) is 17.3. The number of ether oxygens (including phenoxy) is 1. The smallest absolute Gasteiger partial charge is 0.128 e. The average Bonchev–Trinajstić information content (AvgIpc) is 3.08. The number of nitrogens with zero attached hydrogens (tertiary/aromatic N) is 5. The molecule has 0 unspecified atom stereocenters. The van der Waals surface area contributed by atoms with Crippen molar-refractivity contribution in [1.82, 2.24) is 19.8 Å². The van der Waals surface area contributed by atoms with Crippen molar-refractivity contribution in [1.29, 1.82) is 0 Å². The number of anilines is 1. The summed E-state index contributed by atoms with van der Waals surface area (Å²) in [7, 11) is 0. The van der Waals surface area contributed by atoms with E-state index in [0.29, 0.717) is 6.04 Å². The van der Waals surface area contributed by atoms with Crippen LogP contribution in [0.25, 0.3) is 0 Å². The van der Waals surface area contributed by atoms with E-state index >= 15 is 0 Å². The first-order valence-electron chi connectivity index (χ1n) is 9.53. The molecule has 0 atom stereocenters. The molecule has 2 fully saturated rings. The minimum atomic E-state index is 0.707. The molecule has 2 aromatic rings. The second-order valence-corrected chi connectivity index (χ2v) is 8.51. The topological polar surface area (TPSA) is 44.7 Å². The van der Waals surface area contributed by atoms with E-state index in [2.05, 4.69) is 31.8 Å². The molecule has 26 heavy (non-hydrogen) atoms. The van der Waals surface area contributed by atoms with Crippen molar-refractivity contribution in [3.63, 3.8) is 0 Å². The Kier molecular flexibility index (Phi) is 4.62. The maximum Gasteiger partial charge on any atom is 0.128 e. The maximum absolute atomic E-state index is 5.53. The summed E-state index contributed by atoms with van der Waals surface area (Å²) in [4.78, 5) is 18.2. The number of fused-ring (bicyclic) bond motifs is 1. The Morgan fingerprint density at radius 1 is 1.15 bits per heavy atom. The summed E-state index contributed by atoms with van der Waals surface area (Å²) in [5, 5.41) is 1.26. The van der Waals surface area contributed by atoms with Gasteiger partial charge in [0.1, 0.15) is 10.8 Å². The molecule has 2 aromatic heterocycles. The van der Waals surface area contributed by atoms with E-state index in [1.165, 1.54) is 28.7 Å². The number of rotatable bonds is 4. The molecule has 0 N–H and O–H groups in total. The van der Waals surface area contributed by atoms with E-state index in [0.717, 1.165) is 58.2 Å². The largest absolute Gasteiger partial charge is 0.375 e. The van der Waals surface area contributed by atoms with Crippen LogP contribution in [-0.4, -0.2) is 71.7 Å². The Hall–Kier alpha value is -1.54. The summed E-state index contributed by atoms with van der Waals surface area (Å²) in [5.41, 5.74) is 1.28. The number of piperazine rings is 1. The molecule has 3 aliphatic heterocycles. The second kappa shape index (κ2) is 7.23. The molecule has 0 radical (unpaired) electrons. The van der Waals surface area contributed by atoms with Gasteiger partial charge in [-0.25, -0.2) is 9.97 Å². The first kappa shape index (κ1) is 16.6. The van der Waals surface area contributed by atoms with Crippen molar-refractivity contribution < 1.29 is 4.74 Å². The highest BCUT2D eigenvalue weighted by Gasteiger charge is 2.34. The molecule has 7 heteroatoms. The third-order valence-corrected chi connectivity index (χ3v) is 6.70. The lowest BCUT2D eigenvalue weighted by Gasteiger charge is -2.48. The number of pyridine rings is 1. The van der Waals surface area contributed by atoms with Gasteiger partial charge in [0, 0.05) is 57.9 Å². The third kappa shape index (κ3) is 3.36. The number of hydrogen-bond acceptors (Lipinski definition) is 7. The fourth-order valence-electron chi connectivity index (χ4n) is 4.10. The number of hydrogen-bond donors (Lipinski definition) is 0. The van der Waals surface area contributed by atoms with Gasteiger partial charge < -0.3 is 9.64 Å². The molecule has 5 heterocycles. The van der Waals surface area contributed by atoms with Gasteiger partial charge in [-0.1, -0.05) is 6.07 Å². The second-order valence-electron chi connectivity index (χ2n) is 7.34. The van der Waals surface area contributed by atoms with Gasteiger partial charge >= 0.3 is 0 Å². The van der Waals surface area contributed by atoms with Crippen LogP contribution >= 0.6 is 11.3 Å². The summed E-state index contributed by atoms with van der Waals surface area (Å²) in [5.74, 6) is 1.11. The zero-order valence-electron chi connectivity index (χ0n) is 15.0. The van der Waals surface area contributed by atoms with Gasteiger partial charge in [0.2, 0.25) is 0 Å². The van der Waals surface area contributed by atoms with E-state index < -0.39 is 0 Å². The number of thiazole rings is 1. The summed E-state index contributed by atoms with van der Waals surface area (Å²) in [6, 6.07) is 6.87. The van der Waals surface area contributed by atoms with Crippen LogP contribution in [-0.2, 0) is 24.3 Å². The summed E-state index contributed by atoms with van der Waals surface area (Å²) in [6.07, 6.45) is 2.86. The molecule has 0 amide bonds. The average molecular weight is 372 g/mol. The van der Waals surface area contributed by atoms with Crippen molar-refractivity contribution in [2.45, 2.75) is 25.6 Å². The molecule has 6 nitrogen and oxygen atoms in total. The van der Waals surface area contributed by atoms with Gasteiger partial charge in [-0.05, 0) is 12.1 Å². The number of likely N-dealkylation sites (tertiary alicyclic amines) is 1. The van der Waals surface area contributed by atoms with Crippen LogP contribution in [0.1, 0.15) is 15.6 Å². The molecule has 0 aliphatic carbocycles. The highest BCUT2D eigenvalue weighted by molar-refractivity contribution is 7.11. The van der Waals surface area contributed by atoms with Crippen LogP contribution in [0.5, 0.6) is 0 Å². The minimum Gasteiger partial charge on any atom is -0.375 e. The summed E-state index contributed by atoms with van der Waals surface area (Å²) in [6.45, 7) is 9.36. The standard InChI is InChI=1S/C19H25N5OS/c1-2-5-20-18(3-1)24-8-6-23(7-9-24)15-11-22(12-15)13-19-21-16-4-10-25-14-17(16)26-19/h1-3,5,15H,4,6-14H2. The van der Waals surface area contributed by atoms with Gasteiger partial charge in [-0.15, -0.1) is 11.3 Å². The van der Waals surface area contributed by atoms with E-state index in [1.807, 2.05) is 23.6 Å². The third-order valence-electron chi connectivity index (χ3n) is 5.64. The van der Waals surface area contributed by atoms with Gasteiger partial charge in [-0.2, -0.15) is 0 Å². The summed E-state index contributed by atoms with van der Waals surface area (Å²) >= 11 is 1.84. The van der Waals surface area contributed by atoms with Gasteiger partial charge in [0.15, 0.2) is 0 Å². The SMILES string of the molecule is c1ccc(N2CCN(C3CN(Cc4nc5c(s4)COCC5)C3)CC2)nc1. The van der Waals surface area contributed by atoms with E-state index in [-0.39, 0.29) is 0 Å². The van der Waals surface area contributed by atoms with Crippen LogP contribution in [0, 0.1) is 0 Å². The lowest BCUT2D eigenvalue weighted by atomic mass is 10.1. The monoisotopic (exact) mass is 371 g/mol. The van der Waals surface area contributed by atoms with Crippen LogP contribution < -0.4 is 4.90 Å². The molecule has 3 aliphatic rings. The molecule has 2 saturated heterocycles. The van der Waals surface area contributed by atoms with Crippen LogP contribution in [0.4, 0.5) is 5.82 Å². The maximum atomic E-state index is 5.53. The molecule has 0 aromatic carbocycles. The molecular formula is C19H25N5OS. The van der Waals surface area contributed by atoms with Crippen molar-refractivity contribution in [2.75, 3.05) is 50.8 Å². The van der Waals surface area contributed by atoms with E-state index in [1.54, 1.807) is 0 Å². The van der Waals surface area contributed by atoms with Gasteiger partial charge in [-0.3, -0.25) is 9.80 Å². The molecule has 0 saturated carbocycles. The van der Waals surface area contributed by atoms with Crippen LogP contribution in [0.2, 0.25) is 0 Å². The lowest BCUT2D eigenvalue weighted by molar-refractivity contribution is 0.0255. The first-order valence-corrected chi connectivity index (χ1v) is 10.3. The van der Waals surface area contributed by atoms with Crippen LogP contribution in [0.3, 0.4) is 0 Å². The lowest BCUT2D eigenvalue weighted by Crippen LogP contribution is -2.62. The van der Waals surface area contributed by atoms with Crippen molar-refractivity contribution in [2.24, 2.45) is 0 Å². The van der Waals surface area contributed by atoms with E-state index in [4.69, 9.17) is 9.72 Å². The fourth-order valence-corrected chi connectivity index (χ4v) is 5.19. The highest BCUT2D eigenvalue weighted by Crippen LogP contribution is 2.27. The quantitative estimate of drug-likeness (QED) is 0.814. The number of aromatic nitrogens is 2. The van der Waals surface area contributed by atoms with Crippen LogP contribution in [0.15, 0.2) is 24.4 Å². The normalized spacial score (nSPS) is 22.2. The Balaban J connectivity index is 1.09. The Labute approximate surface area is 158 Å². The zero-order valence-corrected chi connectivity index (χ0v) is 15.8. The summed E-state index contributed by atoms with van der Waals surface area (Å²) < 4.78 is 5.53. The molecule has 5 rings (SSSR count).